The van der Waals surface area contributed by atoms with Gasteiger partial charge in [0.25, 0.3) is 0 Å². The SMILES string of the molecule is CC(CNC(=O)C(C)(C)N)c1ccccc1.Cl. The van der Waals surface area contributed by atoms with Crippen molar-refractivity contribution in [3.63, 3.8) is 0 Å². The first kappa shape index (κ1) is 15.9. The molecule has 1 aromatic rings. The summed E-state index contributed by atoms with van der Waals surface area (Å²) in [4.78, 5) is 11.6. The zero-order valence-corrected chi connectivity index (χ0v) is 11.4. The first-order chi connectivity index (χ1) is 7.41. The number of benzene rings is 1. The highest BCUT2D eigenvalue weighted by Gasteiger charge is 2.21. The zero-order chi connectivity index (χ0) is 12.2. The third-order valence-corrected chi connectivity index (χ3v) is 2.52. The van der Waals surface area contributed by atoms with Crippen molar-refractivity contribution in [2.24, 2.45) is 5.73 Å². The monoisotopic (exact) mass is 256 g/mol. The second-order valence-corrected chi connectivity index (χ2v) is 4.74. The molecule has 0 fully saturated rings. The third kappa shape index (κ3) is 5.20. The number of carbonyl (C=O) groups excluding carboxylic acids is 1. The van der Waals surface area contributed by atoms with Crippen LogP contribution >= 0.6 is 12.4 Å². The zero-order valence-electron chi connectivity index (χ0n) is 10.6. The van der Waals surface area contributed by atoms with Crippen LogP contribution in [0.1, 0.15) is 32.3 Å². The Morgan fingerprint density at radius 1 is 1.35 bits per heavy atom. The Balaban J connectivity index is 0.00000256. The number of carbonyl (C=O) groups is 1. The van der Waals surface area contributed by atoms with E-state index in [2.05, 4.69) is 24.4 Å². The fourth-order valence-electron chi connectivity index (χ4n) is 1.37. The van der Waals surface area contributed by atoms with E-state index in [4.69, 9.17) is 5.73 Å². The molecule has 0 heterocycles. The molecule has 1 rings (SSSR count). The molecule has 0 aliphatic carbocycles. The van der Waals surface area contributed by atoms with E-state index in [1.165, 1.54) is 5.56 Å². The van der Waals surface area contributed by atoms with Crippen LogP contribution < -0.4 is 11.1 Å². The molecule has 0 bridgehead atoms. The topological polar surface area (TPSA) is 55.1 Å². The van der Waals surface area contributed by atoms with Crippen molar-refractivity contribution in [3.8, 4) is 0 Å². The molecule has 4 heteroatoms. The summed E-state index contributed by atoms with van der Waals surface area (Å²) in [6, 6.07) is 10.1. The molecular weight excluding hydrogens is 236 g/mol. The highest BCUT2D eigenvalue weighted by molar-refractivity contribution is 5.85. The van der Waals surface area contributed by atoms with E-state index in [9.17, 15) is 4.79 Å². The van der Waals surface area contributed by atoms with Crippen molar-refractivity contribution in [1.29, 1.82) is 0 Å². The molecule has 17 heavy (non-hydrogen) atoms. The van der Waals surface area contributed by atoms with Crippen LogP contribution in [0.2, 0.25) is 0 Å². The largest absolute Gasteiger partial charge is 0.354 e. The molecule has 0 radical (unpaired) electrons. The molecule has 0 saturated carbocycles. The molecule has 1 aromatic carbocycles. The van der Waals surface area contributed by atoms with Gasteiger partial charge in [-0.25, -0.2) is 0 Å². The first-order valence-corrected chi connectivity index (χ1v) is 5.53. The van der Waals surface area contributed by atoms with Crippen LogP contribution in [0.3, 0.4) is 0 Å². The van der Waals surface area contributed by atoms with Crippen LogP contribution in [-0.4, -0.2) is 18.0 Å². The predicted molar refractivity (Wildman–Crippen MR) is 73.4 cm³/mol. The molecule has 3 nitrogen and oxygen atoms in total. The van der Waals surface area contributed by atoms with Crippen molar-refractivity contribution in [3.05, 3.63) is 35.9 Å². The minimum absolute atomic E-state index is 0. The van der Waals surface area contributed by atoms with Crippen LogP contribution in [0.4, 0.5) is 0 Å². The number of amides is 1. The van der Waals surface area contributed by atoms with Gasteiger partial charge in [0.1, 0.15) is 0 Å². The summed E-state index contributed by atoms with van der Waals surface area (Å²) in [6.45, 7) is 6.10. The van der Waals surface area contributed by atoms with Gasteiger partial charge in [-0.2, -0.15) is 0 Å². The number of nitrogens with two attached hydrogens (primary N) is 1. The lowest BCUT2D eigenvalue weighted by molar-refractivity contribution is -0.125. The van der Waals surface area contributed by atoms with Crippen molar-refractivity contribution < 1.29 is 4.79 Å². The highest BCUT2D eigenvalue weighted by Crippen LogP contribution is 2.13. The summed E-state index contributed by atoms with van der Waals surface area (Å²) in [6.07, 6.45) is 0. The van der Waals surface area contributed by atoms with Crippen molar-refractivity contribution >= 4 is 18.3 Å². The maximum absolute atomic E-state index is 11.6. The lowest BCUT2D eigenvalue weighted by Gasteiger charge is -2.20. The van der Waals surface area contributed by atoms with Gasteiger partial charge < -0.3 is 11.1 Å². The summed E-state index contributed by atoms with van der Waals surface area (Å²) >= 11 is 0. The summed E-state index contributed by atoms with van der Waals surface area (Å²) in [5.74, 6) is 0.183. The quantitative estimate of drug-likeness (QED) is 0.867. The Kier molecular flexibility index (Phi) is 6.21. The smallest absolute Gasteiger partial charge is 0.239 e. The Bertz CT molecular complexity index is 346. The van der Waals surface area contributed by atoms with Crippen LogP contribution in [0, 0.1) is 0 Å². The van der Waals surface area contributed by atoms with Crippen LogP contribution in [0.25, 0.3) is 0 Å². The summed E-state index contributed by atoms with van der Waals surface area (Å²) in [5, 5.41) is 2.86. The van der Waals surface area contributed by atoms with Gasteiger partial charge in [-0.3, -0.25) is 4.79 Å². The van der Waals surface area contributed by atoms with E-state index in [-0.39, 0.29) is 18.3 Å². The number of hydrogen-bond acceptors (Lipinski definition) is 2. The number of hydrogen-bond donors (Lipinski definition) is 2. The lowest BCUT2D eigenvalue weighted by atomic mass is 10.0. The summed E-state index contributed by atoms with van der Waals surface area (Å²) in [5.41, 5.74) is 6.10. The molecule has 0 saturated heterocycles. The summed E-state index contributed by atoms with van der Waals surface area (Å²) in [7, 11) is 0. The molecule has 96 valence electrons. The van der Waals surface area contributed by atoms with E-state index in [0.29, 0.717) is 12.5 Å². The Hall–Kier alpha value is -1.06. The second-order valence-electron chi connectivity index (χ2n) is 4.74. The van der Waals surface area contributed by atoms with E-state index in [1.807, 2.05) is 18.2 Å². The van der Waals surface area contributed by atoms with Crippen molar-refractivity contribution in [1.82, 2.24) is 5.32 Å². The predicted octanol–water partition coefficient (Wildman–Crippen LogP) is 2.07. The third-order valence-electron chi connectivity index (χ3n) is 2.52. The molecule has 0 aromatic heterocycles. The van der Waals surface area contributed by atoms with Crippen LogP contribution in [0.15, 0.2) is 30.3 Å². The number of rotatable bonds is 4. The van der Waals surface area contributed by atoms with Gasteiger partial charge >= 0.3 is 0 Å². The molecule has 1 atom stereocenters. The Morgan fingerprint density at radius 2 is 1.88 bits per heavy atom. The first-order valence-electron chi connectivity index (χ1n) is 5.53. The molecule has 0 aliphatic rings. The average molecular weight is 257 g/mol. The lowest BCUT2D eigenvalue weighted by Crippen LogP contribution is -2.49. The molecular formula is C13H21ClN2O. The van der Waals surface area contributed by atoms with Gasteiger partial charge in [0.2, 0.25) is 5.91 Å². The molecule has 0 aliphatic heterocycles. The Morgan fingerprint density at radius 3 is 2.35 bits per heavy atom. The van der Waals surface area contributed by atoms with Gasteiger partial charge in [0, 0.05) is 6.54 Å². The van der Waals surface area contributed by atoms with E-state index in [0.717, 1.165) is 0 Å². The van der Waals surface area contributed by atoms with Gasteiger partial charge in [-0.15, -0.1) is 12.4 Å². The highest BCUT2D eigenvalue weighted by atomic mass is 35.5. The van der Waals surface area contributed by atoms with E-state index >= 15 is 0 Å². The number of nitrogens with one attached hydrogen (secondary N) is 1. The minimum atomic E-state index is -0.809. The molecule has 0 spiro atoms. The molecule has 1 amide bonds. The number of halogens is 1. The fraction of sp³-hybridized carbons (Fsp3) is 0.462. The molecule has 1 unspecified atom stereocenters. The normalized spacial score (nSPS) is 12.5. The van der Waals surface area contributed by atoms with Gasteiger partial charge in [-0.1, -0.05) is 37.3 Å². The maximum Gasteiger partial charge on any atom is 0.239 e. The molecule has 3 N–H and O–H groups in total. The standard InChI is InChI=1S/C13H20N2O.ClH/c1-10(11-7-5-4-6-8-11)9-15-12(16)13(2,3)14;/h4-8,10H,9,14H2,1-3H3,(H,15,16);1H. The van der Waals surface area contributed by atoms with Crippen molar-refractivity contribution in [2.45, 2.75) is 32.2 Å². The van der Waals surface area contributed by atoms with E-state index < -0.39 is 5.54 Å². The maximum atomic E-state index is 11.6. The summed E-state index contributed by atoms with van der Waals surface area (Å²) < 4.78 is 0. The Labute approximate surface area is 109 Å². The fourth-order valence-corrected chi connectivity index (χ4v) is 1.37. The van der Waals surface area contributed by atoms with Gasteiger partial charge in [0.15, 0.2) is 0 Å². The van der Waals surface area contributed by atoms with Crippen LogP contribution in [0.5, 0.6) is 0 Å². The average Bonchev–Trinajstić information content (AvgIpc) is 2.25. The second kappa shape index (κ2) is 6.62. The van der Waals surface area contributed by atoms with E-state index in [1.54, 1.807) is 13.8 Å². The van der Waals surface area contributed by atoms with Crippen LogP contribution in [-0.2, 0) is 4.79 Å². The minimum Gasteiger partial charge on any atom is -0.354 e. The van der Waals surface area contributed by atoms with Crippen molar-refractivity contribution in [2.75, 3.05) is 6.54 Å². The van der Waals surface area contributed by atoms with Gasteiger partial charge in [0.05, 0.1) is 5.54 Å². The van der Waals surface area contributed by atoms with Gasteiger partial charge in [-0.05, 0) is 25.3 Å².